The fourth-order valence-corrected chi connectivity index (χ4v) is 3.62. The molecule has 2 rings (SSSR count). The molecule has 28 heavy (non-hydrogen) atoms. The van der Waals surface area contributed by atoms with Gasteiger partial charge in [0.2, 0.25) is 0 Å². The van der Waals surface area contributed by atoms with E-state index in [-0.39, 0.29) is 29.9 Å². The Morgan fingerprint density at radius 1 is 1.14 bits per heavy atom. The smallest absolute Gasteiger partial charge is 0.253 e. The van der Waals surface area contributed by atoms with Gasteiger partial charge in [0.25, 0.3) is 5.91 Å². The van der Waals surface area contributed by atoms with Crippen LogP contribution in [0.15, 0.2) is 29.3 Å². The number of rotatable bonds is 6. The SMILES string of the molecule is CCNC(=NCc1ccc(C(=O)N(C)C)cc1)NC1CCC(C(C)C)CC1.I. The van der Waals surface area contributed by atoms with Gasteiger partial charge in [0.15, 0.2) is 5.96 Å². The van der Waals surface area contributed by atoms with Crippen LogP contribution in [0.2, 0.25) is 0 Å². The third kappa shape index (κ3) is 7.60. The van der Waals surface area contributed by atoms with E-state index in [9.17, 15) is 4.79 Å². The van der Waals surface area contributed by atoms with E-state index in [1.165, 1.54) is 25.7 Å². The number of hydrogen-bond acceptors (Lipinski definition) is 2. The molecule has 1 aliphatic carbocycles. The monoisotopic (exact) mass is 500 g/mol. The van der Waals surface area contributed by atoms with Crippen LogP contribution in [0.5, 0.6) is 0 Å². The summed E-state index contributed by atoms with van der Waals surface area (Å²) in [5.74, 6) is 2.57. The maximum absolute atomic E-state index is 12.0. The van der Waals surface area contributed by atoms with E-state index in [1.807, 2.05) is 24.3 Å². The minimum atomic E-state index is 0. The van der Waals surface area contributed by atoms with Crippen LogP contribution < -0.4 is 10.6 Å². The molecule has 0 heterocycles. The number of carbonyl (C=O) groups is 1. The molecular formula is C22H37IN4O. The number of hydrogen-bond donors (Lipinski definition) is 2. The summed E-state index contributed by atoms with van der Waals surface area (Å²) in [6.45, 7) is 8.22. The minimum Gasteiger partial charge on any atom is -0.357 e. The molecule has 1 saturated carbocycles. The summed E-state index contributed by atoms with van der Waals surface area (Å²) < 4.78 is 0. The fraction of sp³-hybridized carbons (Fsp3) is 0.636. The molecule has 1 aromatic carbocycles. The van der Waals surface area contributed by atoms with E-state index in [4.69, 9.17) is 4.99 Å². The summed E-state index contributed by atoms with van der Waals surface area (Å²) in [5.41, 5.74) is 1.81. The van der Waals surface area contributed by atoms with Crippen molar-refractivity contribution in [3.05, 3.63) is 35.4 Å². The average molecular weight is 500 g/mol. The maximum atomic E-state index is 12.0. The van der Waals surface area contributed by atoms with Gasteiger partial charge >= 0.3 is 0 Å². The molecule has 0 radical (unpaired) electrons. The first kappa shape index (κ1) is 24.7. The van der Waals surface area contributed by atoms with Crippen molar-refractivity contribution in [3.63, 3.8) is 0 Å². The molecule has 0 unspecified atom stereocenters. The summed E-state index contributed by atoms with van der Waals surface area (Å²) in [4.78, 5) is 18.3. The van der Waals surface area contributed by atoms with Gasteiger partial charge in [-0.05, 0) is 62.1 Å². The number of benzene rings is 1. The fourth-order valence-electron chi connectivity index (χ4n) is 3.62. The molecule has 0 bridgehead atoms. The Morgan fingerprint density at radius 3 is 2.25 bits per heavy atom. The molecule has 0 aromatic heterocycles. The zero-order valence-corrected chi connectivity index (χ0v) is 20.3. The highest BCUT2D eigenvalue weighted by Gasteiger charge is 2.23. The molecule has 1 amide bonds. The van der Waals surface area contributed by atoms with Crippen LogP contribution in [-0.4, -0.2) is 43.4 Å². The van der Waals surface area contributed by atoms with Gasteiger partial charge < -0.3 is 15.5 Å². The number of carbonyl (C=O) groups excluding carboxylic acids is 1. The van der Waals surface area contributed by atoms with Crippen molar-refractivity contribution < 1.29 is 4.79 Å². The summed E-state index contributed by atoms with van der Waals surface area (Å²) in [7, 11) is 3.53. The van der Waals surface area contributed by atoms with E-state index < -0.39 is 0 Å². The van der Waals surface area contributed by atoms with Gasteiger partial charge in [0.05, 0.1) is 6.54 Å². The van der Waals surface area contributed by atoms with Gasteiger partial charge in [-0.2, -0.15) is 0 Å². The van der Waals surface area contributed by atoms with Gasteiger partial charge in [-0.25, -0.2) is 4.99 Å². The first-order valence-corrected chi connectivity index (χ1v) is 10.3. The highest BCUT2D eigenvalue weighted by atomic mass is 127. The molecular weight excluding hydrogens is 463 g/mol. The van der Waals surface area contributed by atoms with Crippen LogP contribution in [0.4, 0.5) is 0 Å². The van der Waals surface area contributed by atoms with E-state index in [0.29, 0.717) is 18.2 Å². The Labute approximate surface area is 187 Å². The largest absolute Gasteiger partial charge is 0.357 e. The standard InChI is InChI=1S/C22H36N4O.HI/c1-6-23-22(25-20-13-11-18(12-14-20)16(2)3)24-15-17-7-9-19(10-8-17)21(27)26(4)5;/h7-10,16,18,20H,6,11-15H2,1-5H3,(H2,23,24,25);1H. The van der Waals surface area contributed by atoms with Gasteiger partial charge in [-0.15, -0.1) is 24.0 Å². The summed E-state index contributed by atoms with van der Waals surface area (Å²) in [5, 5.41) is 6.97. The predicted octanol–water partition coefficient (Wildman–Crippen LogP) is 4.28. The zero-order valence-electron chi connectivity index (χ0n) is 18.0. The molecule has 0 aliphatic heterocycles. The van der Waals surface area contributed by atoms with E-state index in [0.717, 1.165) is 29.9 Å². The van der Waals surface area contributed by atoms with Gasteiger partial charge in [0.1, 0.15) is 0 Å². The lowest BCUT2D eigenvalue weighted by Gasteiger charge is -2.32. The highest BCUT2D eigenvalue weighted by Crippen LogP contribution is 2.29. The number of aliphatic imine (C=N–C) groups is 1. The van der Waals surface area contributed by atoms with Gasteiger partial charge in [-0.1, -0.05) is 26.0 Å². The van der Waals surface area contributed by atoms with Crippen molar-refractivity contribution in [1.82, 2.24) is 15.5 Å². The topological polar surface area (TPSA) is 56.7 Å². The second-order valence-corrected chi connectivity index (χ2v) is 8.09. The molecule has 0 spiro atoms. The lowest BCUT2D eigenvalue weighted by atomic mass is 9.80. The minimum absolute atomic E-state index is 0. The second kappa shape index (κ2) is 12.3. The van der Waals surface area contributed by atoms with Crippen LogP contribution in [0.3, 0.4) is 0 Å². The Hall–Kier alpha value is -1.31. The van der Waals surface area contributed by atoms with Crippen LogP contribution >= 0.6 is 24.0 Å². The summed E-state index contributed by atoms with van der Waals surface area (Å²) >= 11 is 0. The Bertz CT molecular complexity index is 620. The zero-order chi connectivity index (χ0) is 19.8. The van der Waals surface area contributed by atoms with Crippen LogP contribution in [-0.2, 0) is 6.54 Å². The normalized spacial score (nSPS) is 19.7. The number of nitrogens with one attached hydrogen (secondary N) is 2. The van der Waals surface area contributed by atoms with Gasteiger partial charge in [-0.3, -0.25) is 4.79 Å². The lowest BCUT2D eigenvalue weighted by Crippen LogP contribution is -2.45. The second-order valence-electron chi connectivity index (χ2n) is 8.09. The molecule has 1 aromatic rings. The molecule has 1 aliphatic rings. The van der Waals surface area contributed by atoms with Crippen molar-refractivity contribution in [2.75, 3.05) is 20.6 Å². The van der Waals surface area contributed by atoms with Crippen molar-refractivity contribution in [2.24, 2.45) is 16.8 Å². The Morgan fingerprint density at radius 2 is 1.75 bits per heavy atom. The number of guanidine groups is 1. The highest BCUT2D eigenvalue weighted by molar-refractivity contribution is 14.0. The number of halogens is 1. The van der Waals surface area contributed by atoms with Crippen molar-refractivity contribution in [1.29, 1.82) is 0 Å². The summed E-state index contributed by atoms with van der Waals surface area (Å²) in [6, 6.07) is 8.23. The quantitative estimate of drug-likeness (QED) is 0.349. The van der Waals surface area contributed by atoms with Crippen LogP contribution in [0, 0.1) is 11.8 Å². The first-order valence-electron chi connectivity index (χ1n) is 10.3. The predicted molar refractivity (Wildman–Crippen MR) is 128 cm³/mol. The number of amides is 1. The van der Waals surface area contributed by atoms with E-state index in [2.05, 4.69) is 31.4 Å². The third-order valence-corrected chi connectivity index (χ3v) is 5.43. The molecule has 5 nitrogen and oxygen atoms in total. The van der Waals surface area contributed by atoms with Crippen LogP contribution in [0.1, 0.15) is 62.4 Å². The van der Waals surface area contributed by atoms with E-state index in [1.54, 1.807) is 19.0 Å². The van der Waals surface area contributed by atoms with Crippen molar-refractivity contribution >= 4 is 35.8 Å². The van der Waals surface area contributed by atoms with Gasteiger partial charge in [0, 0.05) is 32.2 Å². The molecule has 158 valence electrons. The van der Waals surface area contributed by atoms with E-state index >= 15 is 0 Å². The first-order chi connectivity index (χ1) is 12.9. The molecule has 0 saturated heterocycles. The Kier molecular flexibility index (Phi) is 10.9. The summed E-state index contributed by atoms with van der Waals surface area (Å²) in [6.07, 6.45) is 5.04. The number of nitrogens with zero attached hydrogens (tertiary/aromatic N) is 2. The maximum Gasteiger partial charge on any atom is 0.253 e. The third-order valence-electron chi connectivity index (χ3n) is 5.43. The molecule has 6 heteroatoms. The molecule has 0 atom stereocenters. The average Bonchev–Trinajstić information content (AvgIpc) is 2.66. The molecule has 2 N–H and O–H groups in total. The molecule has 1 fully saturated rings. The Balaban J connectivity index is 0.00000392. The van der Waals surface area contributed by atoms with Crippen molar-refractivity contribution in [2.45, 2.75) is 59.0 Å². The lowest BCUT2D eigenvalue weighted by molar-refractivity contribution is 0.0827. The van der Waals surface area contributed by atoms with Crippen LogP contribution in [0.25, 0.3) is 0 Å². The van der Waals surface area contributed by atoms with Crippen molar-refractivity contribution in [3.8, 4) is 0 Å².